The molecule has 1 aromatic carbocycles. The second-order valence-electron chi connectivity index (χ2n) is 4.42. The molecule has 0 spiro atoms. The molecule has 0 radical (unpaired) electrons. The molecule has 0 unspecified atom stereocenters. The highest BCUT2D eigenvalue weighted by molar-refractivity contribution is 9.11. The third-order valence-electron chi connectivity index (χ3n) is 3.06. The fourth-order valence-electron chi connectivity index (χ4n) is 2.14. The van der Waals surface area contributed by atoms with E-state index in [0.29, 0.717) is 13.2 Å². The number of rotatable bonds is 1. The molecule has 1 aliphatic heterocycles. The van der Waals surface area contributed by atoms with E-state index in [9.17, 15) is 0 Å². The topological polar surface area (TPSA) is 48.7 Å². The Bertz CT molecular complexity index is 752. The maximum absolute atomic E-state index is 5.71. The van der Waals surface area contributed by atoms with Crippen LogP contribution in [0.1, 0.15) is 6.42 Å². The molecule has 1 aliphatic rings. The first kappa shape index (κ1) is 12.2. The molecule has 0 aliphatic carbocycles. The van der Waals surface area contributed by atoms with Gasteiger partial charge in [0.2, 0.25) is 4.96 Å². The molecule has 0 bridgehead atoms. The van der Waals surface area contributed by atoms with Gasteiger partial charge in [0.1, 0.15) is 0 Å². The number of hydrogen-bond donors (Lipinski definition) is 0. The molecule has 3 heterocycles. The number of benzene rings is 1. The predicted molar refractivity (Wildman–Crippen MR) is 79.6 cm³/mol. The van der Waals surface area contributed by atoms with Gasteiger partial charge in [0.15, 0.2) is 15.4 Å². The van der Waals surface area contributed by atoms with E-state index in [-0.39, 0.29) is 0 Å². The molecule has 0 saturated carbocycles. The van der Waals surface area contributed by atoms with Gasteiger partial charge >= 0.3 is 0 Å². The largest absolute Gasteiger partial charge is 0.490 e. The van der Waals surface area contributed by atoms with Crippen LogP contribution in [0, 0.1) is 0 Å². The maximum Gasteiger partial charge on any atom is 0.213 e. The molecule has 2 aromatic heterocycles. The summed E-state index contributed by atoms with van der Waals surface area (Å²) in [6, 6.07) is 5.91. The normalized spacial score (nSPS) is 14.4. The smallest absolute Gasteiger partial charge is 0.213 e. The number of imidazole rings is 1. The summed E-state index contributed by atoms with van der Waals surface area (Å²) in [6.07, 6.45) is 2.82. The van der Waals surface area contributed by atoms with Gasteiger partial charge in [0, 0.05) is 12.0 Å². The van der Waals surface area contributed by atoms with Crippen molar-refractivity contribution in [1.29, 1.82) is 0 Å². The number of hydrogen-bond acceptors (Lipinski definition) is 5. The average molecular weight is 352 g/mol. The van der Waals surface area contributed by atoms with Gasteiger partial charge in [-0.15, -0.1) is 5.10 Å². The highest BCUT2D eigenvalue weighted by Crippen LogP contribution is 2.34. The SMILES string of the molecule is Brc1nn2cc(-c3ccc4c(c3)OCCCO4)nc2s1. The van der Waals surface area contributed by atoms with Gasteiger partial charge in [-0.2, -0.15) is 0 Å². The molecule has 0 N–H and O–H groups in total. The summed E-state index contributed by atoms with van der Waals surface area (Å²) in [5.74, 6) is 1.58. The quantitative estimate of drug-likeness (QED) is 0.674. The Hall–Kier alpha value is -1.60. The van der Waals surface area contributed by atoms with Gasteiger partial charge in [0.25, 0.3) is 0 Å². The molecule has 0 atom stereocenters. The Balaban J connectivity index is 1.77. The van der Waals surface area contributed by atoms with E-state index in [1.165, 1.54) is 11.3 Å². The summed E-state index contributed by atoms with van der Waals surface area (Å²) in [7, 11) is 0. The van der Waals surface area contributed by atoms with Crippen LogP contribution in [0.4, 0.5) is 0 Å². The summed E-state index contributed by atoms with van der Waals surface area (Å²) < 4.78 is 13.9. The van der Waals surface area contributed by atoms with Gasteiger partial charge in [0.05, 0.1) is 25.1 Å². The summed E-state index contributed by atoms with van der Waals surface area (Å²) >= 11 is 4.85. The van der Waals surface area contributed by atoms with Crippen molar-refractivity contribution >= 4 is 32.2 Å². The van der Waals surface area contributed by atoms with E-state index < -0.39 is 0 Å². The maximum atomic E-state index is 5.71. The zero-order chi connectivity index (χ0) is 13.5. The standard InChI is InChI=1S/C13H10BrN3O2S/c14-12-16-17-7-9(15-13(17)20-12)8-2-3-10-11(6-8)19-5-1-4-18-10/h2-3,6-7H,1,4-5H2. The van der Waals surface area contributed by atoms with E-state index in [2.05, 4.69) is 26.0 Å². The van der Waals surface area contributed by atoms with Crippen LogP contribution in [0.5, 0.6) is 11.5 Å². The van der Waals surface area contributed by atoms with Gasteiger partial charge in [-0.25, -0.2) is 9.50 Å². The number of halogens is 1. The lowest BCUT2D eigenvalue weighted by Gasteiger charge is -2.07. The Kier molecular flexibility index (Phi) is 2.89. The molecule has 5 nitrogen and oxygen atoms in total. The van der Waals surface area contributed by atoms with E-state index >= 15 is 0 Å². The van der Waals surface area contributed by atoms with Crippen molar-refractivity contribution in [2.75, 3.05) is 13.2 Å². The van der Waals surface area contributed by atoms with Crippen LogP contribution in [0.2, 0.25) is 0 Å². The van der Waals surface area contributed by atoms with E-state index in [1.54, 1.807) is 4.52 Å². The van der Waals surface area contributed by atoms with Crippen LogP contribution in [0.25, 0.3) is 16.2 Å². The summed E-state index contributed by atoms with van der Waals surface area (Å²) in [4.78, 5) is 5.43. The van der Waals surface area contributed by atoms with Gasteiger partial charge in [-0.3, -0.25) is 0 Å². The first-order valence-electron chi connectivity index (χ1n) is 6.21. The first-order valence-corrected chi connectivity index (χ1v) is 7.82. The average Bonchev–Trinajstić information content (AvgIpc) is 2.87. The molecule has 3 aromatic rings. The van der Waals surface area contributed by atoms with Crippen molar-refractivity contribution in [3.8, 4) is 22.8 Å². The Morgan fingerprint density at radius 1 is 1.20 bits per heavy atom. The third-order valence-corrected chi connectivity index (χ3v) is 4.42. The summed E-state index contributed by atoms with van der Waals surface area (Å²) in [6.45, 7) is 1.38. The van der Waals surface area contributed by atoms with Gasteiger partial charge in [-0.1, -0.05) is 11.3 Å². The number of fused-ring (bicyclic) bond motifs is 2. The molecular formula is C13H10BrN3O2S. The lowest BCUT2D eigenvalue weighted by molar-refractivity contribution is 0.297. The minimum absolute atomic E-state index is 0.684. The molecule has 7 heteroatoms. The zero-order valence-corrected chi connectivity index (χ0v) is 12.8. The lowest BCUT2D eigenvalue weighted by Crippen LogP contribution is -1.97. The van der Waals surface area contributed by atoms with Crippen LogP contribution in [0.15, 0.2) is 28.3 Å². The van der Waals surface area contributed by atoms with Crippen LogP contribution in [-0.2, 0) is 0 Å². The minimum atomic E-state index is 0.684. The van der Waals surface area contributed by atoms with Crippen LogP contribution < -0.4 is 9.47 Å². The van der Waals surface area contributed by atoms with Crippen molar-refractivity contribution in [2.24, 2.45) is 0 Å². The van der Waals surface area contributed by atoms with Crippen LogP contribution in [0.3, 0.4) is 0 Å². The van der Waals surface area contributed by atoms with Crippen molar-refractivity contribution in [2.45, 2.75) is 6.42 Å². The summed E-state index contributed by atoms with van der Waals surface area (Å²) in [5, 5.41) is 4.30. The Morgan fingerprint density at radius 3 is 2.90 bits per heavy atom. The molecule has 0 saturated heterocycles. The third kappa shape index (κ3) is 2.06. The number of ether oxygens (including phenoxy) is 2. The fourth-order valence-corrected chi connectivity index (χ4v) is 3.35. The van der Waals surface area contributed by atoms with Gasteiger partial charge in [-0.05, 0) is 34.1 Å². The predicted octanol–water partition coefficient (Wildman–Crippen LogP) is 3.38. The minimum Gasteiger partial charge on any atom is -0.490 e. The second kappa shape index (κ2) is 4.75. The molecule has 0 amide bonds. The fraction of sp³-hybridized carbons (Fsp3) is 0.231. The molecular weight excluding hydrogens is 342 g/mol. The monoisotopic (exact) mass is 351 g/mol. The van der Waals surface area contributed by atoms with Crippen molar-refractivity contribution in [3.63, 3.8) is 0 Å². The lowest BCUT2D eigenvalue weighted by atomic mass is 10.1. The molecule has 0 fully saturated rings. The van der Waals surface area contributed by atoms with E-state index in [4.69, 9.17) is 9.47 Å². The van der Waals surface area contributed by atoms with Gasteiger partial charge < -0.3 is 9.47 Å². The van der Waals surface area contributed by atoms with Crippen molar-refractivity contribution < 1.29 is 9.47 Å². The Labute approximate surface area is 127 Å². The summed E-state index contributed by atoms with van der Waals surface area (Å²) in [5.41, 5.74) is 1.88. The van der Waals surface area contributed by atoms with E-state index in [1.807, 2.05) is 24.4 Å². The van der Waals surface area contributed by atoms with Crippen LogP contribution in [-0.4, -0.2) is 27.8 Å². The first-order chi connectivity index (χ1) is 9.79. The van der Waals surface area contributed by atoms with Crippen molar-refractivity contribution in [1.82, 2.24) is 14.6 Å². The van der Waals surface area contributed by atoms with E-state index in [0.717, 1.165) is 38.1 Å². The highest BCUT2D eigenvalue weighted by atomic mass is 79.9. The molecule has 4 rings (SSSR count). The molecule has 102 valence electrons. The molecule has 20 heavy (non-hydrogen) atoms. The van der Waals surface area contributed by atoms with Crippen LogP contribution >= 0.6 is 27.3 Å². The second-order valence-corrected chi connectivity index (χ2v) is 6.65. The van der Waals surface area contributed by atoms with Crippen molar-refractivity contribution in [3.05, 3.63) is 28.3 Å². The zero-order valence-electron chi connectivity index (χ0n) is 10.4. The highest BCUT2D eigenvalue weighted by Gasteiger charge is 2.14. The Morgan fingerprint density at radius 2 is 2.05 bits per heavy atom. The number of aromatic nitrogens is 3. The number of nitrogens with zero attached hydrogens (tertiary/aromatic N) is 3.